The lowest BCUT2D eigenvalue weighted by atomic mass is 9.91. The van der Waals surface area contributed by atoms with E-state index < -0.39 is 6.23 Å². The van der Waals surface area contributed by atoms with E-state index in [1.165, 1.54) is 0 Å². The van der Waals surface area contributed by atoms with Crippen LogP contribution in [0.3, 0.4) is 0 Å². The number of hydrazone groups is 1. The molecule has 2 aliphatic heterocycles. The van der Waals surface area contributed by atoms with Gasteiger partial charge in [0.15, 0.2) is 0 Å². The van der Waals surface area contributed by atoms with Crippen LogP contribution in [-0.4, -0.2) is 34.5 Å². The summed E-state index contributed by atoms with van der Waals surface area (Å²) in [6.07, 6.45) is 1.79. The molecular weight excluding hydrogens is 459 g/mol. The predicted molar refractivity (Wildman–Crippen MR) is 124 cm³/mol. The summed E-state index contributed by atoms with van der Waals surface area (Å²) in [7, 11) is 0. The minimum atomic E-state index is -0.691. The third-order valence-electron chi connectivity index (χ3n) is 5.70. The Balaban J connectivity index is 1.68. The topological polar surface area (TPSA) is 68.2 Å². The number of hydrogen-bond acceptors (Lipinski definition) is 5. The summed E-state index contributed by atoms with van der Waals surface area (Å²) < 4.78 is 0. The van der Waals surface area contributed by atoms with Gasteiger partial charge in [-0.1, -0.05) is 53.9 Å². The number of halogens is 3. The number of aliphatic hydroxyl groups excluding tert-OH is 1. The highest BCUT2D eigenvalue weighted by Gasteiger charge is 2.40. The van der Waals surface area contributed by atoms with E-state index in [9.17, 15) is 9.90 Å². The highest BCUT2D eigenvalue weighted by molar-refractivity contribution is 6.41. The number of aliphatic hydroxyl groups is 1. The molecule has 0 spiro atoms. The second-order valence-corrected chi connectivity index (χ2v) is 9.10. The van der Waals surface area contributed by atoms with Crippen molar-refractivity contribution in [2.75, 3.05) is 11.6 Å². The van der Waals surface area contributed by atoms with Crippen molar-refractivity contribution < 1.29 is 9.90 Å². The molecule has 2 N–H and O–H groups in total. The number of benzene rings is 2. The Hall–Kier alpha value is -1.83. The van der Waals surface area contributed by atoms with Gasteiger partial charge in [-0.25, -0.2) is 0 Å². The van der Waals surface area contributed by atoms with Crippen LogP contribution in [0, 0.1) is 5.92 Å². The molecule has 1 unspecified atom stereocenters. The molecular formula is C22H23Cl3N4O2. The standard InChI is InChI=1S/C22H23Cl3N4O2/c1-13-20(22(31)27-28-11-3-2-4-19(28)30)26-29(18-10-9-16(24)12-17(18)25)21(13)14-5-7-15(23)8-6-14/h5-10,12-13,19,21,30H,2-4,11H2,1H3,(H,27,31)/t13-,19?,21+/m1/s1. The maximum atomic E-state index is 13.1. The molecule has 0 bridgehead atoms. The molecule has 6 nitrogen and oxygen atoms in total. The van der Waals surface area contributed by atoms with E-state index in [4.69, 9.17) is 34.8 Å². The first-order chi connectivity index (χ1) is 14.8. The van der Waals surface area contributed by atoms with Gasteiger partial charge in [0.05, 0.1) is 16.8 Å². The van der Waals surface area contributed by atoms with Crippen LogP contribution in [0.1, 0.15) is 37.8 Å². The molecule has 1 amide bonds. The van der Waals surface area contributed by atoms with Gasteiger partial charge in [-0.2, -0.15) is 10.1 Å². The number of anilines is 1. The molecule has 2 heterocycles. The summed E-state index contributed by atoms with van der Waals surface area (Å²) in [6.45, 7) is 2.55. The summed E-state index contributed by atoms with van der Waals surface area (Å²) in [5.74, 6) is -0.574. The normalized spacial score (nSPS) is 24.2. The molecule has 0 aromatic heterocycles. The smallest absolute Gasteiger partial charge is 0.282 e. The lowest BCUT2D eigenvalue weighted by Gasteiger charge is -2.32. The van der Waals surface area contributed by atoms with Crippen LogP contribution in [0.5, 0.6) is 0 Å². The third kappa shape index (κ3) is 4.69. The molecule has 1 fully saturated rings. The molecule has 3 atom stereocenters. The van der Waals surface area contributed by atoms with Crippen molar-refractivity contribution in [2.24, 2.45) is 11.0 Å². The Labute approximate surface area is 196 Å². The Morgan fingerprint density at radius 2 is 1.81 bits per heavy atom. The Morgan fingerprint density at radius 1 is 1.10 bits per heavy atom. The molecule has 2 aromatic rings. The predicted octanol–water partition coefficient (Wildman–Crippen LogP) is 5.04. The van der Waals surface area contributed by atoms with Crippen molar-refractivity contribution >= 4 is 52.1 Å². The molecule has 9 heteroatoms. The highest BCUT2D eigenvalue weighted by atomic mass is 35.5. The molecule has 1 saturated heterocycles. The molecule has 164 valence electrons. The summed E-state index contributed by atoms with van der Waals surface area (Å²) in [4.78, 5) is 13.1. The van der Waals surface area contributed by atoms with E-state index in [0.717, 1.165) is 18.4 Å². The second-order valence-electron chi connectivity index (χ2n) is 7.82. The lowest BCUT2D eigenvalue weighted by Crippen LogP contribution is -2.53. The number of nitrogens with zero attached hydrogens (tertiary/aromatic N) is 3. The number of piperidine rings is 1. The van der Waals surface area contributed by atoms with Crippen molar-refractivity contribution in [1.82, 2.24) is 10.4 Å². The average Bonchev–Trinajstić information content (AvgIpc) is 3.07. The van der Waals surface area contributed by atoms with Crippen molar-refractivity contribution in [3.05, 3.63) is 63.1 Å². The summed E-state index contributed by atoms with van der Waals surface area (Å²) in [5, 5.41) is 19.8. The summed E-state index contributed by atoms with van der Waals surface area (Å²) in [6, 6.07) is 12.4. The van der Waals surface area contributed by atoms with E-state index in [0.29, 0.717) is 39.4 Å². The van der Waals surface area contributed by atoms with Crippen LogP contribution in [-0.2, 0) is 4.79 Å². The van der Waals surface area contributed by atoms with Gasteiger partial charge in [-0.15, -0.1) is 0 Å². The number of carbonyl (C=O) groups is 1. The molecule has 31 heavy (non-hydrogen) atoms. The van der Waals surface area contributed by atoms with Crippen LogP contribution in [0.25, 0.3) is 0 Å². The van der Waals surface area contributed by atoms with E-state index in [1.807, 2.05) is 31.2 Å². The van der Waals surface area contributed by atoms with Gasteiger partial charge in [0.2, 0.25) is 0 Å². The van der Waals surface area contributed by atoms with Gasteiger partial charge in [-0.3, -0.25) is 15.2 Å². The number of amides is 1. The van der Waals surface area contributed by atoms with Gasteiger partial charge in [0.1, 0.15) is 11.9 Å². The maximum Gasteiger partial charge on any atom is 0.282 e. The molecule has 0 radical (unpaired) electrons. The number of hydrazine groups is 1. The fourth-order valence-corrected chi connectivity index (χ4v) is 4.70. The van der Waals surface area contributed by atoms with Gasteiger partial charge in [-0.05, 0) is 55.2 Å². The van der Waals surface area contributed by atoms with E-state index >= 15 is 0 Å². The zero-order chi connectivity index (χ0) is 22.1. The van der Waals surface area contributed by atoms with Crippen molar-refractivity contribution in [3.63, 3.8) is 0 Å². The average molecular weight is 482 g/mol. The van der Waals surface area contributed by atoms with E-state index in [1.54, 1.807) is 28.2 Å². The maximum absolute atomic E-state index is 13.1. The van der Waals surface area contributed by atoms with Crippen molar-refractivity contribution in [3.8, 4) is 0 Å². The Bertz CT molecular complexity index is 999. The zero-order valence-electron chi connectivity index (χ0n) is 16.9. The number of rotatable bonds is 4. The fourth-order valence-electron chi connectivity index (χ4n) is 4.08. The van der Waals surface area contributed by atoms with Gasteiger partial charge in [0.25, 0.3) is 5.91 Å². The second kappa shape index (κ2) is 9.35. The largest absolute Gasteiger partial charge is 0.377 e. The molecule has 0 aliphatic carbocycles. The molecule has 2 aromatic carbocycles. The minimum Gasteiger partial charge on any atom is -0.377 e. The number of carbonyl (C=O) groups excluding carboxylic acids is 1. The van der Waals surface area contributed by atoms with E-state index in [-0.39, 0.29) is 17.9 Å². The summed E-state index contributed by atoms with van der Waals surface area (Å²) >= 11 is 18.6. The molecule has 2 aliphatic rings. The first kappa shape index (κ1) is 22.4. The first-order valence-corrected chi connectivity index (χ1v) is 11.3. The summed E-state index contributed by atoms with van der Waals surface area (Å²) in [5.41, 5.74) is 4.80. The lowest BCUT2D eigenvalue weighted by molar-refractivity contribution is -0.128. The van der Waals surface area contributed by atoms with E-state index in [2.05, 4.69) is 10.5 Å². The van der Waals surface area contributed by atoms with Crippen LogP contribution >= 0.6 is 34.8 Å². The van der Waals surface area contributed by atoms with Crippen molar-refractivity contribution in [2.45, 2.75) is 38.5 Å². The number of nitrogens with one attached hydrogen (secondary N) is 1. The van der Waals surface area contributed by atoms with Crippen LogP contribution in [0.4, 0.5) is 5.69 Å². The van der Waals surface area contributed by atoms with Crippen LogP contribution in [0.2, 0.25) is 15.1 Å². The number of hydrogen-bond donors (Lipinski definition) is 2. The third-order valence-corrected chi connectivity index (χ3v) is 6.49. The quantitative estimate of drug-likeness (QED) is 0.642. The Morgan fingerprint density at radius 3 is 2.48 bits per heavy atom. The monoisotopic (exact) mass is 480 g/mol. The Kier molecular flexibility index (Phi) is 6.74. The minimum absolute atomic E-state index is 0.241. The van der Waals surface area contributed by atoms with Crippen molar-refractivity contribution in [1.29, 1.82) is 0 Å². The van der Waals surface area contributed by atoms with Crippen LogP contribution < -0.4 is 10.4 Å². The first-order valence-electron chi connectivity index (χ1n) is 10.2. The highest BCUT2D eigenvalue weighted by Crippen LogP contribution is 2.42. The zero-order valence-corrected chi connectivity index (χ0v) is 19.2. The van der Waals surface area contributed by atoms with Crippen LogP contribution in [0.15, 0.2) is 47.6 Å². The fraction of sp³-hybridized carbons (Fsp3) is 0.364. The van der Waals surface area contributed by atoms with Gasteiger partial charge in [0, 0.05) is 22.5 Å². The van der Waals surface area contributed by atoms with Gasteiger partial charge >= 0.3 is 0 Å². The SMILES string of the molecule is C[C@@H]1C(C(=O)NN2CCCCC2O)=NN(c2ccc(Cl)cc2Cl)[C@@H]1c1ccc(Cl)cc1. The molecule has 4 rings (SSSR count). The van der Waals surface area contributed by atoms with Gasteiger partial charge < -0.3 is 5.11 Å². The molecule has 0 saturated carbocycles.